The maximum absolute atomic E-state index is 14.8. The molecule has 30 heavy (non-hydrogen) atoms. The zero-order valence-corrected chi connectivity index (χ0v) is 17.1. The van der Waals surface area contributed by atoms with Crippen molar-refractivity contribution in [2.75, 3.05) is 0 Å². The molecule has 2 bridgehead atoms. The normalized spacial score (nSPS) is 24.2. The van der Waals surface area contributed by atoms with Gasteiger partial charge >= 0.3 is 0 Å². The van der Waals surface area contributed by atoms with E-state index in [1.807, 2.05) is 12.1 Å². The van der Waals surface area contributed by atoms with Gasteiger partial charge < -0.3 is 4.74 Å². The van der Waals surface area contributed by atoms with Crippen LogP contribution in [0.3, 0.4) is 0 Å². The summed E-state index contributed by atoms with van der Waals surface area (Å²) in [4.78, 5) is 4.02. The average Bonchev–Trinajstić information content (AvgIpc) is 3.30. The average molecular weight is 420 g/mol. The van der Waals surface area contributed by atoms with E-state index in [0.717, 1.165) is 5.39 Å². The van der Waals surface area contributed by atoms with Gasteiger partial charge in [-0.05, 0) is 38.1 Å². The monoisotopic (exact) mass is 420 g/mol. The van der Waals surface area contributed by atoms with Crippen molar-refractivity contribution in [2.45, 2.75) is 29.9 Å². The van der Waals surface area contributed by atoms with Gasteiger partial charge in [-0.2, -0.15) is 4.39 Å². The number of para-hydroxylation sites is 1. The van der Waals surface area contributed by atoms with Crippen LogP contribution in [0.25, 0.3) is 10.9 Å². The van der Waals surface area contributed by atoms with E-state index in [-0.39, 0.29) is 4.90 Å². The molecule has 4 heterocycles. The zero-order valence-electron chi connectivity index (χ0n) is 16.3. The first-order chi connectivity index (χ1) is 14.3. The quantitative estimate of drug-likeness (QED) is 0.454. The second-order valence-electron chi connectivity index (χ2n) is 8.02. The van der Waals surface area contributed by atoms with E-state index in [1.165, 1.54) is 10.2 Å². The number of benzene rings is 2. The summed E-state index contributed by atoms with van der Waals surface area (Å²) in [5, 5.41) is 0.729. The third-order valence-electron chi connectivity index (χ3n) is 6.35. The maximum Gasteiger partial charge on any atom is 0.268 e. The summed E-state index contributed by atoms with van der Waals surface area (Å²) < 4.78 is 50.2. The zero-order chi connectivity index (χ0) is 20.9. The molecule has 0 N–H and O–H groups in total. The van der Waals surface area contributed by atoms with Crippen LogP contribution < -0.4 is 0 Å². The van der Waals surface area contributed by atoms with Gasteiger partial charge in [-0.3, -0.25) is 0 Å². The van der Waals surface area contributed by atoms with E-state index in [9.17, 15) is 12.8 Å². The van der Waals surface area contributed by atoms with E-state index in [4.69, 9.17) is 4.74 Å². The first kappa shape index (κ1) is 17.8. The summed E-state index contributed by atoms with van der Waals surface area (Å²) in [6, 6.07) is 17.3. The highest BCUT2D eigenvalue weighted by atomic mass is 32.2. The number of nitrogens with zero attached hydrogens (tertiary/aromatic N) is 2. The predicted molar refractivity (Wildman–Crippen MR) is 109 cm³/mol. The van der Waals surface area contributed by atoms with Crippen LogP contribution in [-0.4, -0.2) is 17.4 Å². The van der Waals surface area contributed by atoms with Crippen molar-refractivity contribution in [3.8, 4) is 0 Å². The molecule has 7 heteroatoms. The van der Waals surface area contributed by atoms with Crippen LogP contribution in [-0.2, 0) is 26.0 Å². The van der Waals surface area contributed by atoms with Crippen LogP contribution in [0, 0.1) is 5.95 Å². The molecule has 0 aliphatic carbocycles. The van der Waals surface area contributed by atoms with Crippen molar-refractivity contribution in [1.82, 2.24) is 8.96 Å². The van der Waals surface area contributed by atoms with E-state index < -0.39 is 27.2 Å². The van der Waals surface area contributed by atoms with E-state index in [1.54, 1.807) is 62.4 Å². The number of halogens is 1. The molecular weight excluding hydrogens is 403 g/mol. The van der Waals surface area contributed by atoms with Gasteiger partial charge in [0.15, 0.2) is 0 Å². The lowest BCUT2D eigenvalue weighted by Crippen LogP contribution is -2.28. The molecule has 2 unspecified atom stereocenters. The van der Waals surface area contributed by atoms with Gasteiger partial charge in [0, 0.05) is 28.3 Å². The minimum absolute atomic E-state index is 0.186. The molecule has 6 rings (SSSR count). The molecule has 5 nitrogen and oxygen atoms in total. The molecule has 0 radical (unpaired) electrons. The Bertz CT molecular complexity index is 1480. The van der Waals surface area contributed by atoms with Crippen molar-refractivity contribution in [3.63, 3.8) is 0 Å². The molecule has 150 valence electrons. The largest absolute Gasteiger partial charge is 0.348 e. The number of hydrogen-bond acceptors (Lipinski definition) is 4. The van der Waals surface area contributed by atoms with Crippen LogP contribution in [0.15, 0.2) is 71.8 Å². The second kappa shape index (κ2) is 5.36. The number of pyridine rings is 1. The molecule has 0 fully saturated rings. The molecule has 2 aliphatic heterocycles. The standard InChI is InChI=1S/C23H17FN2O3S/c1-22-16-12-13-25-21(24)19(16)23(2,29-22)18-15-10-6-7-11-17(15)26(20(18)22)30(27,28)14-8-4-3-5-9-14/h3-13H,1-2H3. The van der Waals surface area contributed by atoms with Gasteiger partial charge in [0.1, 0.15) is 11.2 Å². The molecule has 0 saturated carbocycles. The molecule has 4 aromatic rings. The highest BCUT2D eigenvalue weighted by Crippen LogP contribution is 2.63. The Morgan fingerprint density at radius 1 is 0.933 bits per heavy atom. The van der Waals surface area contributed by atoms with E-state index in [2.05, 4.69) is 4.98 Å². The van der Waals surface area contributed by atoms with Crippen LogP contribution in [0.1, 0.15) is 36.2 Å². The summed E-state index contributed by atoms with van der Waals surface area (Å²) in [5.41, 5.74) is 0.483. The fourth-order valence-electron chi connectivity index (χ4n) is 5.23. The SMILES string of the molecule is CC12OC(C)(c3ccnc(F)c31)c1c2c2ccccc2n1S(=O)(=O)c1ccccc1. The minimum atomic E-state index is -3.92. The lowest BCUT2D eigenvalue weighted by molar-refractivity contribution is -0.0539. The molecular formula is C23H17FN2O3S. The molecule has 2 aromatic carbocycles. The van der Waals surface area contributed by atoms with Gasteiger partial charge in [-0.1, -0.05) is 36.4 Å². The maximum atomic E-state index is 14.8. The summed E-state index contributed by atoms with van der Waals surface area (Å²) >= 11 is 0. The highest BCUT2D eigenvalue weighted by molar-refractivity contribution is 7.90. The number of hydrogen-bond donors (Lipinski definition) is 0. The van der Waals surface area contributed by atoms with E-state index >= 15 is 0 Å². The predicted octanol–water partition coefficient (Wildman–Crippen LogP) is 4.28. The molecule has 0 saturated heterocycles. The van der Waals surface area contributed by atoms with Crippen molar-refractivity contribution in [3.05, 3.63) is 95.2 Å². The molecule has 2 atom stereocenters. The first-order valence-corrected chi connectivity index (χ1v) is 11.0. The Morgan fingerprint density at radius 3 is 2.40 bits per heavy atom. The van der Waals surface area contributed by atoms with Gasteiger partial charge in [-0.25, -0.2) is 17.4 Å². The number of fused-ring (bicyclic) bond motifs is 10. The van der Waals surface area contributed by atoms with Crippen molar-refractivity contribution in [2.24, 2.45) is 0 Å². The van der Waals surface area contributed by atoms with Gasteiger partial charge in [0.25, 0.3) is 10.0 Å². The second-order valence-corrected chi connectivity index (χ2v) is 9.80. The Labute approximate surface area is 172 Å². The van der Waals surface area contributed by atoms with Crippen LogP contribution in [0.2, 0.25) is 0 Å². The van der Waals surface area contributed by atoms with Gasteiger partial charge in [0.05, 0.1) is 16.1 Å². The summed E-state index contributed by atoms with van der Waals surface area (Å²) in [6.45, 7) is 3.60. The van der Waals surface area contributed by atoms with Crippen molar-refractivity contribution in [1.29, 1.82) is 0 Å². The molecule has 0 spiro atoms. The third kappa shape index (κ3) is 1.85. The van der Waals surface area contributed by atoms with Crippen molar-refractivity contribution >= 4 is 20.9 Å². The Kier molecular flexibility index (Phi) is 3.18. The van der Waals surface area contributed by atoms with Gasteiger partial charge in [0.2, 0.25) is 5.95 Å². The Balaban J connectivity index is 1.80. The molecule has 0 amide bonds. The number of aromatic nitrogens is 2. The Hall–Kier alpha value is -3.03. The van der Waals surface area contributed by atoms with Crippen molar-refractivity contribution < 1.29 is 17.5 Å². The summed E-state index contributed by atoms with van der Waals surface area (Å²) in [5.74, 6) is -0.591. The Morgan fingerprint density at radius 2 is 1.63 bits per heavy atom. The lowest BCUT2D eigenvalue weighted by atomic mass is 9.77. The smallest absolute Gasteiger partial charge is 0.268 e. The van der Waals surface area contributed by atoms with Crippen LogP contribution >= 0.6 is 0 Å². The van der Waals surface area contributed by atoms with E-state index in [0.29, 0.717) is 27.9 Å². The van der Waals surface area contributed by atoms with Crippen LogP contribution in [0.4, 0.5) is 4.39 Å². The fraction of sp³-hybridized carbons (Fsp3) is 0.174. The summed E-state index contributed by atoms with van der Waals surface area (Å²) in [6.07, 6.45) is 1.39. The number of ether oxygens (including phenoxy) is 1. The highest BCUT2D eigenvalue weighted by Gasteiger charge is 2.63. The topological polar surface area (TPSA) is 61.2 Å². The summed E-state index contributed by atoms with van der Waals surface area (Å²) in [7, 11) is -3.92. The van der Waals surface area contributed by atoms with Gasteiger partial charge in [-0.15, -0.1) is 0 Å². The molecule has 2 aromatic heterocycles. The first-order valence-electron chi connectivity index (χ1n) is 9.61. The lowest BCUT2D eigenvalue weighted by Gasteiger charge is -2.25. The third-order valence-corrected chi connectivity index (χ3v) is 8.07. The van der Waals surface area contributed by atoms with Crippen LogP contribution in [0.5, 0.6) is 0 Å². The minimum Gasteiger partial charge on any atom is -0.348 e. The fourth-order valence-corrected chi connectivity index (χ4v) is 6.86. The molecule has 2 aliphatic rings. The number of rotatable bonds is 2.